The van der Waals surface area contributed by atoms with E-state index in [1.54, 1.807) is 4.90 Å². The van der Waals surface area contributed by atoms with Crippen LogP contribution in [0.1, 0.15) is 51.6 Å². The van der Waals surface area contributed by atoms with Crippen LogP contribution in [0.2, 0.25) is 0 Å². The minimum Gasteiger partial charge on any atom is -0.444 e. The monoisotopic (exact) mass is 391 g/mol. The van der Waals surface area contributed by atoms with Crippen molar-refractivity contribution in [2.75, 3.05) is 13.1 Å². The summed E-state index contributed by atoms with van der Waals surface area (Å²) in [5, 5.41) is 11.1. The number of piperidine rings is 1. The first-order chi connectivity index (χ1) is 13.2. The molecular weight excluding hydrogens is 368 g/mol. The van der Waals surface area contributed by atoms with E-state index in [1.807, 2.05) is 51.1 Å². The fourth-order valence-corrected chi connectivity index (χ4v) is 3.04. The number of hydrogen-bond donors (Lipinski definition) is 0. The number of rotatable bonds is 3. The van der Waals surface area contributed by atoms with Gasteiger partial charge in [-0.05, 0) is 44.4 Å². The van der Waals surface area contributed by atoms with Crippen LogP contribution in [-0.4, -0.2) is 49.9 Å². The van der Waals surface area contributed by atoms with Gasteiger partial charge in [0.05, 0.1) is 0 Å². The zero-order valence-corrected chi connectivity index (χ0v) is 16.1. The average Bonchev–Trinajstić information content (AvgIpc) is 3.12. The first-order valence-electron chi connectivity index (χ1n) is 9.08. The molecule has 1 aromatic carbocycles. The van der Waals surface area contributed by atoms with E-state index < -0.39 is 12.2 Å². The molecule has 1 saturated heterocycles. The number of halogens is 2. The smallest absolute Gasteiger partial charge is 0.410 e. The Labute approximate surface area is 162 Å². The number of amides is 1. The highest BCUT2D eigenvalue weighted by Gasteiger charge is 2.27. The lowest BCUT2D eigenvalue weighted by Crippen LogP contribution is -2.40. The van der Waals surface area contributed by atoms with Gasteiger partial charge in [-0.25, -0.2) is 4.79 Å². The lowest BCUT2D eigenvalue weighted by molar-refractivity contribution is 0.0236. The van der Waals surface area contributed by atoms with Crippen LogP contribution in [0.4, 0.5) is 13.6 Å². The van der Waals surface area contributed by atoms with Gasteiger partial charge in [0.2, 0.25) is 5.82 Å². The fraction of sp³-hybridized carbons (Fsp3) is 0.474. The standard InChI is InChI=1S/C19H23F2N5O2/c1-19(2,3)28-18(27)25-11-9-14(10-12-25)15(13-7-5-4-6-8-13)16-22-24-26(23-16)17(20)21/h4-8,17H,9-12H2,1-3H3. The fourth-order valence-electron chi connectivity index (χ4n) is 3.04. The van der Waals surface area contributed by atoms with Crippen LogP contribution in [-0.2, 0) is 4.74 Å². The average molecular weight is 391 g/mol. The molecule has 9 heteroatoms. The predicted octanol–water partition coefficient (Wildman–Crippen LogP) is 3.90. The largest absolute Gasteiger partial charge is 0.444 e. The second kappa shape index (κ2) is 8.04. The molecule has 0 saturated carbocycles. The van der Waals surface area contributed by atoms with Gasteiger partial charge < -0.3 is 9.64 Å². The molecule has 28 heavy (non-hydrogen) atoms. The molecule has 0 unspecified atom stereocenters. The van der Waals surface area contributed by atoms with Crippen LogP contribution < -0.4 is 0 Å². The molecule has 7 nitrogen and oxygen atoms in total. The molecule has 150 valence electrons. The van der Waals surface area contributed by atoms with Crippen molar-refractivity contribution < 1.29 is 18.3 Å². The summed E-state index contributed by atoms with van der Waals surface area (Å²) in [6.07, 6.45) is 0.800. The Kier molecular flexibility index (Phi) is 5.71. The van der Waals surface area contributed by atoms with Crippen molar-refractivity contribution in [2.24, 2.45) is 0 Å². The van der Waals surface area contributed by atoms with Crippen LogP contribution in [0.3, 0.4) is 0 Å². The minimum atomic E-state index is -2.85. The Morgan fingerprint density at radius 3 is 2.32 bits per heavy atom. The number of benzene rings is 1. The van der Waals surface area contributed by atoms with Gasteiger partial charge in [0.15, 0.2) is 0 Å². The molecule has 1 aromatic heterocycles. The van der Waals surface area contributed by atoms with E-state index in [1.165, 1.54) is 0 Å². The van der Waals surface area contributed by atoms with Crippen molar-refractivity contribution in [3.63, 3.8) is 0 Å². The molecule has 2 aromatic rings. The second-order valence-electron chi connectivity index (χ2n) is 7.52. The van der Waals surface area contributed by atoms with E-state index in [4.69, 9.17) is 4.74 Å². The maximum Gasteiger partial charge on any atom is 0.410 e. The Hall–Kier alpha value is -2.84. The molecule has 1 aliphatic heterocycles. The number of likely N-dealkylation sites (tertiary alicyclic amines) is 1. The van der Waals surface area contributed by atoms with E-state index >= 15 is 0 Å². The van der Waals surface area contributed by atoms with E-state index in [0.29, 0.717) is 36.3 Å². The maximum atomic E-state index is 12.9. The molecule has 1 amide bonds. The highest BCUT2D eigenvalue weighted by molar-refractivity contribution is 5.79. The first-order valence-corrected chi connectivity index (χ1v) is 9.08. The summed E-state index contributed by atoms with van der Waals surface area (Å²) in [6, 6.07) is 9.37. The second-order valence-corrected chi connectivity index (χ2v) is 7.52. The third-order valence-electron chi connectivity index (χ3n) is 4.26. The summed E-state index contributed by atoms with van der Waals surface area (Å²) in [5.74, 6) is 0.159. The predicted molar refractivity (Wildman–Crippen MR) is 98.6 cm³/mol. The Balaban J connectivity index is 1.87. The van der Waals surface area contributed by atoms with E-state index in [9.17, 15) is 13.6 Å². The lowest BCUT2D eigenvalue weighted by Gasteiger charge is -2.31. The van der Waals surface area contributed by atoms with Crippen LogP contribution in [0.5, 0.6) is 0 Å². The van der Waals surface area contributed by atoms with Gasteiger partial charge in [-0.1, -0.05) is 40.7 Å². The number of aromatic nitrogens is 4. The molecule has 0 aliphatic carbocycles. The van der Waals surface area contributed by atoms with Crippen molar-refractivity contribution in [1.82, 2.24) is 25.1 Å². The third-order valence-corrected chi connectivity index (χ3v) is 4.26. The maximum absolute atomic E-state index is 12.9. The van der Waals surface area contributed by atoms with Gasteiger partial charge in [0, 0.05) is 18.7 Å². The molecule has 1 aliphatic rings. The number of carbonyl (C=O) groups excluding carboxylic acids is 1. The van der Waals surface area contributed by atoms with Gasteiger partial charge in [0.25, 0.3) is 0 Å². The number of hydrogen-bond acceptors (Lipinski definition) is 5. The van der Waals surface area contributed by atoms with Crippen molar-refractivity contribution >= 4 is 11.7 Å². The number of alkyl halides is 2. The van der Waals surface area contributed by atoms with Crippen molar-refractivity contribution in [1.29, 1.82) is 0 Å². The number of carbonyl (C=O) groups is 1. The summed E-state index contributed by atoms with van der Waals surface area (Å²) < 4.78 is 31.2. The van der Waals surface area contributed by atoms with Crippen LogP contribution in [0, 0.1) is 0 Å². The zero-order valence-electron chi connectivity index (χ0n) is 16.1. The Bertz CT molecular complexity index is 849. The van der Waals surface area contributed by atoms with Crippen LogP contribution in [0.25, 0.3) is 5.57 Å². The normalized spacial score (nSPS) is 15.1. The molecule has 0 atom stereocenters. The van der Waals surface area contributed by atoms with Crippen molar-refractivity contribution in [3.05, 3.63) is 47.3 Å². The summed E-state index contributed by atoms with van der Waals surface area (Å²) in [4.78, 5) is 14.2. The molecular formula is C19H23F2N5O2. The number of nitrogens with zero attached hydrogens (tertiary/aromatic N) is 5. The van der Waals surface area contributed by atoms with Gasteiger partial charge in [0.1, 0.15) is 5.60 Å². The van der Waals surface area contributed by atoms with Gasteiger partial charge >= 0.3 is 12.6 Å². The Morgan fingerprint density at radius 2 is 1.79 bits per heavy atom. The molecule has 0 spiro atoms. The highest BCUT2D eigenvalue weighted by atomic mass is 19.3. The molecule has 2 heterocycles. The minimum absolute atomic E-state index is 0.159. The van der Waals surface area contributed by atoms with E-state index in [-0.39, 0.29) is 11.9 Å². The van der Waals surface area contributed by atoms with Gasteiger partial charge in [-0.3, -0.25) is 0 Å². The van der Waals surface area contributed by atoms with Crippen LogP contribution >= 0.6 is 0 Å². The first kappa shape index (κ1) is 19.9. The SMILES string of the molecule is CC(C)(C)OC(=O)N1CCC(=C(c2ccccc2)c2nnn(C(F)F)n2)CC1. The van der Waals surface area contributed by atoms with Crippen LogP contribution in [0.15, 0.2) is 35.9 Å². The molecule has 0 radical (unpaired) electrons. The van der Waals surface area contributed by atoms with Gasteiger partial charge in [-0.15, -0.1) is 10.2 Å². The zero-order chi connectivity index (χ0) is 20.3. The summed E-state index contributed by atoms with van der Waals surface area (Å²) in [7, 11) is 0. The molecule has 3 rings (SSSR count). The van der Waals surface area contributed by atoms with E-state index in [2.05, 4.69) is 15.4 Å². The molecule has 0 bridgehead atoms. The third kappa shape index (κ3) is 4.71. The number of tetrazole rings is 1. The molecule has 1 fully saturated rings. The highest BCUT2D eigenvalue weighted by Crippen LogP contribution is 2.31. The van der Waals surface area contributed by atoms with Crippen molar-refractivity contribution in [3.8, 4) is 0 Å². The lowest BCUT2D eigenvalue weighted by atomic mass is 9.93. The topological polar surface area (TPSA) is 73.1 Å². The summed E-state index contributed by atoms with van der Waals surface area (Å²) >= 11 is 0. The summed E-state index contributed by atoms with van der Waals surface area (Å²) in [5.41, 5.74) is 1.97. The Morgan fingerprint density at radius 1 is 1.14 bits per heavy atom. The number of ether oxygens (including phenoxy) is 1. The quantitative estimate of drug-likeness (QED) is 0.793. The van der Waals surface area contributed by atoms with Gasteiger partial charge in [-0.2, -0.15) is 8.78 Å². The van der Waals surface area contributed by atoms with Crippen molar-refractivity contribution in [2.45, 2.75) is 45.8 Å². The summed E-state index contributed by atoms with van der Waals surface area (Å²) in [6.45, 7) is 3.58. The van der Waals surface area contributed by atoms with E-state index in [0.717, 1.165) is 11.1 Å². The molecule has 0 N–H and O–H groups in total.